The largest absolute Gasteiger partial charge is 0.327 e. The van der Waals surface area contributed by atoms with E-state index in [1.165, 1.54) is 16.0 Å². The molecule has 0 heterocycles. The van der Waals surface area contributed by atoms with E-state index in [1.807, 2.05) is 36.0 Å². The molecule has 0 saturated heterocycles. The topological polar surface area (TPSA) is 26.0 Å². The van der Waals surface area contributed by atoms with Gasteiger partial charge in [-0.1, -0.05) is 41.9 Å². The Labute approximate surface area is 124 Å². The molecule has 2 N–H and O–H groups in total. The summed E-state index contributed by atoms with van der Waals surface area (Å²) in [5.74, 6) is 0.924. The van der Waals surface area contributed by atoms with Gasteiger partial charge in [-0.3, -0.25) is 0 Å². The number of hydrogen-bond donors (Lipinski definition) is 1. The van der Waals surface area contributed by atoms with Gasteiger partial charge in [0.25, 0.3) is 0 Å². The second-order valence-corrected chi connectivity index (χ2v) is 6.17. The van der Waals surface area contributed by atoms with E-state index in [-0.39, 0.29) is 6.04 Å². The summed E-state index contributed by atoms with van der Waals surface area (Å²) in [4.78, 5) is 1.31. The predicted octanol–water partition coefficient (Wildman–Crippen LogP) is 4.31. The van der Waals surface area contributed by atoms with Crippen molar-refractivity contribution in [2.45, 2.75) is 24.3 Å². The number of hydrogen-bond acceptors (Lipinski definition) is 2. The zero-order chi connectivity index (χ0) is 13.7. The van der Waals surface area contributed by atoms with Crippen LogP contribution in [0.1, 0.15) is 11.1 Å². The lowest BCUT2D eigenvalue weighted by atomic mass is 10.1. The third-order valence-corrected chi connectivity index (χ3v) is 4.57. The second kappa shape index (κ2) is 6.99. The van der Waals surface area contributed by atoms with Gasteiger partial charge >= 0.3 is 0 Å². The first kappa shape index (κ1) is 14.4. The molecular formula is C16H18ClNS. The SMILES string of the molecule is Cc1ccccc1SCC(N)Cc1ccc(Cl)cc1. The highest BCUT2D eigenvalue weighted by Crippen LogP contribution is 2.22. The summed E-state index contributed by atoms with van der Waals surface area (Å²) < 4.78 is 0. The normalized spacial score (nSPS) is 12.4. The molecule has 0 radical (unpaired) electrons. The van der Waals surface area contributed by atoms with E-state index in [1.54, 1.807) is 0 Å². The Morgan fingerprint density at radius 2 is 1.79 bits per heavy atom. The van der Waals surface area contributed by atoms with Crippen LogP contribution in [0.5, 0.6) is 0 Å². The number of nitrogens with two attached hydrogens (primary N) is 1. The van der Waals surface area contributed by atoms with E-state index in [0.717, 1.165) is 17.2 Å². The van der Waals surface area contributed by atoms with Gasteiger partial charge in [-0.15, -0.1) is 11.8 Å². The van der Waals surface area contributed by atoms with E-state index >= 15 is 0 Å². The molecule has 0 fully saturated rings. The summed E-state index contributed by atoms with van der Waals surface area (Å²) in [7, 11) is 0. The Kier molecular flexibility index (Phi) is 5.32. The highest BCUT2D eigenvalue weighted by Gasteiger charge is 2.06. The maximum Gasteiger partial charge on any atom is 0.0406 e. The fraction of sp³-hybridized carbons (Fsp3) is 0.250. The van der Waals surface area contributed by atoms with E-state index in [9.17, 15) is 0 Å². The Morgan fingerprint density at radius 3 is 2.47 bits per heavy atom. The van der Waals surface area contributed by atoms with Gasteiger partial charge in [0.2, 0.25) is 0 Å². The minimum absolute atomic E-state index is 0.158. The quantitative estimate of drug-likeness (QED) is 0.831. The highest BCUT2D eigenvalue weighted by molar-refractivity contribution is 7.99. The standard InChI is InChI=1S/C16H18ClNS/c1-12-4-2-3-5-16(12)19-11-15(18)10-13-6-8-14(17)9-7-13/h2-9,15H,10-11,18H2,1H3. The molecule has 2 aromatic rings. The lowest BCUT2D eigenvalue weighted by Crippen LogP contribution is -2.25. The van der Waals surface area contributed by atoms with Crippen molar-refractivity contribution in [3.8, 4) is 0 Å². The van der Waals surface area contributed by atoms with Crippen LogP contribution in [0.3, 0.4) is 0 Å². The van der Waals surface area contributed by atoms with Gasteiger partial charge in [-0.2, -0.15) is 0 Å². The van der Waals surface area contributed by atoms with Crippen molar-refractivity contribution in [3.05, 3.63) is 64.7 Å². The third kappa shape index (κ3) is 4.57. The molecule has 0 spiro atoms. The van der Waals surface area contributed by atoms with Gasteiger partial charge in [0.05, 0.1) is 0 Å². The Hall–Kier alpha value is -0.960. The lowest BCUT2D eigenvalue weighted by Gasteiger charge is -2.12. The second-order valence-electron chi connectivity index (χ2n) is 4.67. The van der Waals surface area contributed by atoms with Gasteiger partial charge in [0.15, 0.2) is 0 Å². The maximum absolute atomic E-state index is 6.19. The van der Waals surface area contributed by atoms with Crippen molar-refractivity contribution in [2.75, 3.05) is 5.75 Å². The van der Waals surface area contributed by atoms with Crippen LogP contribution >= 0.6 is 23.4 Å². The molecule has 0 aliphatic rings. The smallest absolute Gasteiger partial charge is 0.0406 e. The summed E-state index contributed by atoms with van der Waals surface area (Å²) >= 11 is 7.70. The molecule has 0 amide bonds. The van der Waals surface area contributed by atoms with Crippen LogP contribution in [0.4, 0.5) is 0 Å². The summed E-state index contributed by atoms with van der Waals surface area (Å²) in [5.41, 5.74) is 8.74. The molecule has 0 saturated carbocycles. The Balaban J connectivity index is 1.86. The fourth-order valence-corrected chi connectivity index (χ4v) is 3.01. The molecule has 2 rings (SSSR count). The zero-order valence-electron chi connectivity index (χ0n) is 11.0. The summed E-state index contributed by atoms with van der Waals surface area (Å²) in [6.45, 7) is 2.13. The average Bonchev–Trinajstić information content (AvgIpc) is 2.40. The summed E-state index contributed by atoms with van der Waals surface area (Å²) in [6.07, 6.45) is 0.885. The van der Waals surface area contributed by atoms with Crippen molar-refractivity contribution >= 4 is 23.4 Å². The van der Waals surface area contributed by atoms with Crippen molar-refractivity contribution in [2.24, 2.45) is 5.73 Å². The van der Waals surface area contributed by atoms with E-state index in [2.05, 4.69) is 31.2 Å². The van der Waals surface area contributed by atoms with Crippen LogP contribution < -0.4 is 5.73 Å². The first-order valence-corrected chi connectivity index (χ1v) is 7.70. The van der Waals surface area contributed by atoms with Crippen LogP contribution in [-0.4, -0.2) is 11.8 Å². The minimum atomic E-state index is 0.158. The van der Waals surface area contributed by atoms with Gasteiger partial charge in [-0.05, 0) is 42.7 Å². The zero-order valence-corrected chi connectivity index (χ0v) is 12.5. The number of aryl methyl sites for hydroxylation is 1. The molecule has 1 nitrogen and oxygen atoms in total. The number of benzene rings is 2. The highest BCUT2D eigenvalue weighted by atomic mass is 35.5. The van der Waals surface area contributed by atoms with Crippen molar-refractivity contribution < 1.29 is 0 Å². The molecule has 100 valence electrons. The molecule has 1 atom stereocenters. The number of thioether (sulfide) groups is 1. The van der Waals surface area contributed by atoms with Crippen molar-refractivity contribution in [3.63, 3.8) is 0 Å². The Bertz CT molecular complexity index is 525. The monoisotopic (exact) mass is 291 g/mol. The van der Waals surface area contributed by atoms with Gasteiger partial charge in [-0.25, -0.2) is 0 Å². The fourth-order valence-electron chi connectivity index (χ4n) is 1.90. The molecule has 3 heteroatoms. The molecule has 2 aromatic carbocycles. The van der Waals surface area contributed by atoms with E-state index < -0.39 is 0 Å². The molecule has 0 bridgehead atoms. The molecular weight excluding hydrogens is 274 g/mol. The Morgan fingerprint density at radius 1 is 1.11 bits per heavy atom. The average molecular weight is 292 g/mol. The molecule has 1 unspecified atom stereocenters. The van der Waals surface area contributed by atoms with Crippen molar-refractivity contribution in [1.29, 1.82) is 0 Å². The van der Waals surface area contributed by atoms with Crippen LogP contribution in [0, 0.1) is 6.92 Å². The van der Waals surface area contributed by atoms with Crippen LogP contribution in [0.25, 0.3) is 0 Å². The first-order chi connectivity index (χ1) is 9.15. The molecule has 0 aromatic heterocycles. The van der Waals surface area contributed by atoms with Crippen molar-refractivity contribution in [1.82, 2.24) is 0 Å². The van der Waals surface area contributed by atoms with Crippen LogP contribution in [-0.2, 0) is 6.42 Å². The summed E-state index contributed by atoms with van der Waals surface area (Å²) in [5, 5.41) is 0.770. The number of rotatable bonds is 5. The van der Waals surface area contributed by atoms with Gasteiger partial charge in [0, 0.05) is 21.7 Å². The summed E-state index contributed by atoms with van der Waals surface area (Å²) in [6, 6.07) is 16.5. The maximum atomic E-state index is 6.19. The minimum Gasteiger partial charge on any atom is -0.327 e. The van der Waals surface area contributed by atoms with E-state index in [4.69, 9.17) is 17.3 Å². The van der Waals surface area contributed by atoms with Gasteiger partial charge in [0.1, 0.15) is 0 Å². The molecule has 19 heavy (non-hydrogen) atoms. The lowest BCUT2D eigenvalue weighted by molar-refractivity contribution is 0.748. The number of halogens is 1. The third-order valence-electron chi connectivity index (χ3n) is 2.96. The molecule has 0 aliphatic heterocycles. The van der Waals surface area contributed by atoms with Crippen LogP contribution in [0.15, 0.2) is 53.4 Å². The van der Waals surface area contributed by atoms with Crippen LogP contribution in [0.2, 0.25) is 5.02 Å². The van der Waals surface area contributed by atoms with E-state index in [0.29, 0.717) is 0 Å². The predicted molar refractivity (Wildman–Crippen MR) is 85.0 cm³/mol. The first-order valence-electron chi connectivity index (χ1n) is 6.33. The van der Waals surface area contributed by atoms with Gasteiger partial charge < -0.3 is 5.73 Å². The molecule has 0 aliphatic carbocycles.